The summed E-state index contributed by atoms with van der Waals surface area (Å²) in [5.41, 5.74) is 2.59. The van der Waals surface area contributed by atoms with E-state index in [1.165, 1.54) is 6.92 Å². The van der Waals surface area contributed by atoms with E-state index in [0.29, 0.717) is 11.6 Å². The Bertz CT molecular complexity index is 570. The highest BCUT2D eigenvalue weighted by molar-refractivity contribution is 5.93. The number of ketones is 1. The minimum Gasteiger partial charge on any atom is -0.309 e. The number of nitrogens with zero attached hydrogens (tertiary/aromatic N) is 2. The lowest BCUT2D eigenvalue weighted by atomic mass is 10.0. The molecule has 0 radical (unpaired) electrons. The average Bonchev–Trinajstić information content (AvgIpc) is 3.12. The Balaban J connectivity index is 2.22. The van der Waals surface area contributed by atoms with Crippen molar-refractivity contribution < 1.29 is 4.79 Å². The normalized spacial score (nSPS) is 19.7. The Kier molecular flexibility index (Phi) is 2.63. The second-order valence-electron chi connectivity index (χ2n) is 5.48. The van der Waals surface area contributed by atoms with Crippen molar-refractivity contribution in [3.63, 3.8) is 0 Å². The lowest BCUT2D eigenvalue weighted by Crippen LogP contribution is -2.35. The van der Waals surface area contributed by atoms with Crippen molar-refractivity contribution in [2.24, 2.45) is 0 Å². The highest BCUT2D eigenvalue weighted by Crippen LogP contribution is 2.36. The summed E-state index contributed by atoms with van der Waals surface area (Å²) >= 11 is 0. The number of rotatable bonds is 2. The van der Waals surface area contributed by atoms with Gasteiger partial charge in [0, 0.05) is 31.2 Å². The van der Waals surface area contributed by atoms with Crippen LogP contribution in [0.25, 0.3) is 0 Å². The van der Waals surface area contributed by atoms with Crippen LogP contribution in [0.2, 0.25) is 0 Å². The molecule has 0 amide bonds. The number of carbonyl (C=O) groups is 1. The third kappa shape index (κ3) is 1.81. The number of hydrogen-bond donors (Lipinski definition) is 0. The molecule has 4 nitrogen and oxygen atoms in total. The molecule has 2 aliphatic rings. The number of Topliss-reactive ketones (excluding diaryl/α,β-unsaturated/α-hetero) is 1. The van der Waals surface area contributed by atoms with Crippen molar-refractivity contribution in [3.8, 4) is 0 Å². The lowest BCUT2D eigenvalue weighted by molar-refractivity contribution is 0.101. The molecule has 0 N–H and O–H groups in total. The molecule has 1 aromatic heterocycles. The first-order valence-corrected chi connectivity index (χ1v) is 6.54. The van der Waals surface area contributed by atoms with Gasteiger partial charge in [-0.2, -0.15) is 0 Å². The maximum Gasteiger partial charge on any atom is 0.261 e. The monoisotopic (exact) mass is 246 g/mol. The molecule has 1 aliphatic heterocycles. The van der Waals surface area contributed by atoms with Crippen LogP contribution < -0.4 is 5.56 Å². The fourth-order valence-electron chi connectivity index (χ4n) is 2.78. The lowest BCUT2D eigenvalue weighted by Gasteiger charge is -2.28. The van der Waals surface area contributed by atoms with Gasteiger partial charge >= 0.3 is 0 Å². The largest absolute Gasteiger partial charge is 0.309 e. The molecule has 1 aliphatic carbocycles. The Labute approximate surface area is 106 Å². The van der Waals surface area contributed by atoms with E-state index in [0.717, 1.165) is 43.6 Å². The molecule has 0 spiro atoms. The van der Waals surface area contributed by atoms with E-state index in [-0.39, 0.29) is 11.3 Å². The number of aromatic nitrogens is 1. The molecule has 0 saturated heterocycles. The molecule has 2 heterocycles. The maximum atomic E-state index is 12.4. The number of fused-ring (bicyclic) bond motifs is 1. The molecule has 4 heteroatoms. The van der Waals surface area contributed by atoms with E-state index < -0.39 is 0 Å². The zero-order valence-electron chi connectivity index (χ0n) is 10.9. The molecular weight excluding hydrogens is 228 g/mol. The van der Waals surface area contributed by atoms with Crippen LogP contribution in [0.15, 0.2) is 10.9 Å². The first-order chi connectivity index (χ1) is 8.58. The summed E-state index contributed by atoms with van der Waals surface area (Å²) < 4.78 is 1.90. The Morgan fingerprint density at radius 2 is 2.11 bits per heavy atom. The summed E-state index contributed by atoms with van der Waals surface area (Å²) in [5, 5.41) is 0. The Morgan fingerprint density at radius 3 is 2.72 bits per heavy atom. The van der Waals surface area contributed by atoms with Crippen LogP contribution in [0.3, 0.4) is 0 Å². The maximum absolute atomic E-state index is 12.4. The molecule has 1 fully saturated rings. The molecule has 3 rings (SSSR count). The first kappa shape index (κ1) is 11.7. The Hall–Kier alpha value is -1.42. The van der Waals surface area contributed by atoms with Crippen molar-refractivity contribution >= 4 is 5.78 Å². The molecule has 1 saturated carbocycles. The van der Waals surface area contributed by atoms with Crippen molar-refractivity contribution in [1.82, 2.24) is 9.47 Å². The fourth-order valence-corrected chi connectivity index (χ4v) is 2.78. The highest BCUT2D eigenvalue weighted by atomic mass is 16.1. The molecular formula is C14H18N2O2. The van der Waals surface area contributed by atoms with Crippen molar-refractivity contribution in [3.05, 3.63) is 33.2 Å². The number of likely N-dealkylation sites (N-methyl/N-ethyl adjacent to an activating group) is 1. The predicted molar refractivity (Wildman–Crippen MR) is 69.0 cm³/mol. The second kappa shape index (κ2) is 4.05. The van der Waals surface area contributed by atoms with Gasteiger partial charge in [0.1, 0.15) is 0 Å². The summed E-state index contributed by atoms with van der Waals surface area (Å²) in [6.45, 7) is 3.30. The van der Waals surface area contributed by atoms with Crippen molar-refractivity contribution in [2.45, 2.75) is 38.8 Å². The minimum absolute atomic E-state index is 0.0756. The predicted octanol–water partition coefficient (Wildman–Crippen LogP) is 1.37. The Morgan fingerprint density at radius 1 is 1.39 bits per heavy atom. The van der Waals surface area contributed by atoms with Gasteiger partial charge in [0.15, 0.2) is 5.78 Å². The number of carbonyl (C=O) groups excluding carboxylic acids is 1. The van der Waals surface area contributed by atoms with E-state index in [9.17, 15) is 9.59 Å². The van der Waals surface area contributed by atoms with Crippen LogP contribution in [-0.2, 0) is 13.0 Å². The molecule has 0 unspecified atom stereocenters. The van der Waals surface area contributed by atoms with Gasteiger partial charge in [0.05, 0.1) is 5.56 Å². The quantitative estimate of drug-likeness (QED) is 0.740. The zero-order valence-corrected chi connectivity index (χ0v) is 10.9. The summed E-state index contributed by atoms with van der Waals surface area (Å²) in [6.07, 6.45) is 3.06. The molecule has 18 heavy (non-hydrogen) atoms. The second-order valence-corrected chi connectivity index (χ2v) is 5.48. The summed E-state index contributed by atoms with van der Waals surface area (Å²) in [7, 11) is 2.07. The summed E-state index contributed by atoms with van der Waals surface area (Å²) in [5.74, 6) is -0.120. The molecule has 0 bridgehead atoms. The van der Waals surface area contributed by atoms with E-state index in [2.05, 4.69) is 11.9 Å². The topological polar surface area (TPSA) is 42.3 Å². The van der Waals surface area contributed by atoms with Crippen LogP contribution in [0, 0.1) is 0 Å². The minimum atomic E-state index is -0.120. The smallest absolute Gasteiger partial charge is 0.261 e. The number of hydrogen-bond acceptors (Lipinski definition) is 3. The molecule has 1 aromatic rings. The highest BCUT2D eigenvalue weighted by Gasteiger charge is 2.31. The SMILES string of the molecule is CC(=O)c1cc2c(n(C3CC3)c1=O)CCN(C)C2. The van der Waals surface area contributed by atoms with Gasteiger partial charge in [-0.1, -0.05) is 0 Å². The standard InChI is InChI=1S/C14H18N2O2/c1-9(17)12-7-10-8-15(2)6-5-13(10)16(14(12)18)11-3-4-11/h7,11H,3-6,8H2,1-2H3. The van der Waals surface area contributed by atoms with Gasteiger partial charge in [-0.3, -0.25) is 9.59 Å². The van der Waals surface area contributed by atoms with E-state index in [4.69, 9.17) is 0 Å². The first-order valence-electron chi connectivity index (χ1n) is 6.54. The van der Waals surface area contributed by atoms with E-state index >= 15 is 0 Å². The van der Waals surface area contributed by atoms with Crippen LogP contribution in [0.5, 0.6) is 0 Å². The molecule has 0 atom stereocenters. The van der Waals surface area contributed by atoms with Crippen LogP contribution in [0.1, 0.15) is 47.4 Å². The summed E-state index contributed by atoms with van der Waals surface area (Å²) in [4.78, 5) is 26.2. The van der Waals surface area contributed by atoms with Gasteiger partial charge in [-0.05, 0) is 38.4 Å². The van der Waals surface area contributed by atoms with Gasteiger partial charge in [-0.15, -0.1) is 0 Å². The number of pyridine rings is 1. The van der Waals surface area contributed by atoms with Gasteiger partial charge in [-0.25, -0.2) is 0 Å². The summed E-state index contributed by atoms with van der Waals surface area (Å²) in [6, 6.07) is 2.16. The van der Waals surface area contributed by atoms with Gasteiger partial charge in [0.2, 0.25) is 0 Å². The van der Waals surface area contributed by atoms with Gasteiger partial charge in [0.25, 0.3) is 5.56 Å². The molecule has 96 valence electrons. The van der Waals surface area contributed by atoms with E-state index in [1.54, 1.807) is 0 Å². The third-order valence-electron chi connectivity index (χ3n) is 3.89. The third-order valence-corrected chi connectivity index (χ3v) is 3.89. The van der Waals surface area contributed by atoms with Crippen LogP contribution in [-0.4, -0.2) is 28.8 Å². The van der Waals surface area contributed by atoms with Crippen LogP contribution in [0.4, 0.5) is 0 Å². The van der Waals surface area contributed by atoms with Crippen molar-refractivity contribution in [2.75, 3.05) is 13.6 Å². The van der Waals surface area contributed by atoms with Crippen LogP contribution >= 0.6 is 0 Å². The fraction of sp³-hybridized carbons (Fsp3) is 0.571. The zero-order chi connectivity index (χ0) is 12.9. The average molecular weight is 246 g/mol. The van der Waals surface area contributed by atoms with E-state index in [1.807, 2.05) is 10.6 Å². The molecule has 0 aromatic carbocycles. The van der Waals surface area contributed by atoms with Crippen molar-refractivity contribution in [1.29, 1.82) is 0 Å². The van der Waals surface area contributed by atoms with Gasteiger partial charge < -0.3 is 9.47 Å².